The van der Waals surface area contributed by atoms with Gasteiger partial charge in [-0.25, -0.2) is 9.37 Å². The Morgan fingerprint density at radius 2 is 1.90 bits per heavy atom. The first kappa shape index (κ1) is 18.9. The molecule has 1 amide bonds. The summed E-state index contributed by atoms with van der Waals surface area (Å²) in [6.45, 7) is 1.86. The number of methoxy groups -OCH3 is 2. The molecule has 148 valence electrons. The lowest BCUT2D eigenvalue weighted by molar-refractivity contribution is 0.102. The topological polar surface area (TPSA) is 64.9 Å². The lowest BCUT2D eigenvalue weighted by Gasteiger charge is -2.11. The number of halogens is 1. The van der Waals surface area contributed by atoms with Crippen LogP contribution < -0.4 is 14.8 Å². The van der Waals surface area contributed by atoms with Gasteiger partial charge in [0.25, 0.3) is 5.91 Å². The van der Waals surface area contributed by atoms with Crippen LogP contribution >= 0.6 is 11.3 Å². The molecule has 4 aromatic rings. The molecule has 0 radical (unpaired) electrons. The van der Waals surface area contributed by atoms with Crippen LogP contribution in [0.2, 0.25) is 0 Å². The van der Waals surface area contributed by atoms with Gasteiger partial charge in [-0.05, 0) is 43.3 Å². The van der Waals surface area contributed by atoms with Gasteiger partial charge in [0.2, 0.25) is 0 Å². The number of nitrogens with one attached hydrogen (secondary N) is 1. The normalized spacial score (nSPS) is 10.9. The number of anilines is 1. The molecule has 0 spiro atoms. The van der Waals surface area contributed by atoms with Crippen molar-refractivity contribution in [1.29, 1.82) is 0 Å². The maximum absolute atomic E-state index is 13.1. The minimum Gasteiger partial charge on any atom is -0.497 e. The number of aryl methyl sites for hydroxylation is 1. The molecule has 1 N–H and O–H groups in total. The summed E-state index contributed by atoms with van der Waals surface area (Å²) in [6.07, 6.45) is 1.84. The van der Waals surface area contributed by atoms with Gasteiger partial charge in [0.1, 0.15) is 22.2 Å². The zero-order valence-electron chi connectivity index (χ0n) is 16.0. The van der Waals surface area contributed by atoms with Crippen molar-refractivity contribution in [3.05, 3.63) is 65.0 Å². The van der Waals surface area contributed by atoms with Crippen molar-refractivity contribution in [2.45, 2.75) is 6.92 Å². The molecule has 0 saturated heterocycles. The van der Waals surface area contributed by atoms with Crippen molar-refractivity contribution in [2.24, 2.45) is 0 Å². The SMILES string of the molecule is COc1ccc(OC)c(NC(=O)c2sc3nc(-c4ccc(F)cc4)cn3c2C)c1. The molecule has 0 atom stereocenters. The van der Waals surface area contributed by atoms with Gasteiger partial charge in [0, 0.05) is 23.5 Å². The van der Waals surface area contributed by atoms with E-state index in [2.05, 4.69) is 10.3 Å². The van der Waals surface area contributed by atoms with Crippen LogP contribution in [-0.4, -0.2) is 29.5 Å². The lowest BCUT2D eigenvalue weighted by Crippen LogP contribution is -2.12. The Labute approximate surface area is 170 Å². The molecule has 4 rings (SSSR count). The number of imidazole rings is 1. The minimum absolute atomic E-state index is 0.257. The molecule has 0 unspecified atom stereocenters. The monoisotopic (exact) mass is 411 g/mol. The molecule has 2 aromatic carbocycles. The van der Waals surface area contributed by atoms with E-state index in [4.69, 9.17) is 9.47 Å². The van der Waals surface area contributed by atoms with Gasteiger partial charge in [0.05, 0.1) is 25.6 Å². The fraction of sp³-hybridized carbons (Fsp3) is 0.143. The Morgan fingerprint density at radius 3 is 2.55 bits per heavy atom. The van der Waals surface area contributed by atoms with E-state index in [1.807, 2.05) is 17.5 Å². The van der Waals surface area contributed by atoms with E-state index in [1.54, 1.807) is 44.6 Å². The second-order valence-electron chi connectivity index (χ2n) is 6.32. The number of carbonyl (C=O) groups is 1. The van der Waals surface area contributed by atoms with Crippen molar-refractivity contribution >= 4 is 27.9 Å². The van der Waals surface area contributed by atoms with Crippen molar-refractivity contribution < 1.29 is 18.7 Å². The van der Waals surface area contributed by atoms with E-state index in [9.17, 15) is 9.18 Å². The molecule has 6 nitrogen and oxygen atoms in total. The summed E-state index contributed by atoms with van der Waals surface area (Å²) >= 11 is 1.29. The molecule has 0 saturated carbocycles. The second kappa shape index (κ2) is 7.56. The smallest absolute Gasteiger partial charge is 0.267 e. The first-order valence-electron chi connectivity index (χ1n) is 8.78. The number of amides is 1. The van der Waals surface area contributed by atoms with E-state index in [0.29, 0.717) is 27.0 Å². The molecular weight excluding hydrogens is 393 g/mol. The van der Waals surface area contributed by atoms with Crippen LogP contribution in [-0.2, 0) is 0 Å². The largest absolute Gasteiger partial charge is 0.497 e. The van der Waals surface area contributed by atoms with Gasteiger partial charge >= 0.3 is 0 Å². The van der Waals surface area contributed by atoms with E-state index in [-0.39, 0.29) is 11.7 Å². The predicted molar refractivity (Wildman–Crippen MR) is 111 cm³/mol. The number of benzene rings is 2. The number of aromatic nitrogens is 2. The lowest BCUT2D eigenvalue weighted by atomic mass is 10.2. The van der Waals surface area contributed by atoms with Gasteiger partial charge in [-0.1, -0.05) is 11.3 Å². The Kier molecular flexibility index (Phi) is 4.94. The Balaban J connectivity index is 1.64. The fourth-order valence-corrected chi connectivity index (χ4v) is 4.02. The minimum atomic E-state index is -0.294. The standard InChI is InChI=1S/C21H18FN3O3S/c1-12-19(20(26)23-16-10-15(27-2)8-9-18(16)28-3)29-21-24-17(11-25(12)21)13-4-6-14(22)7-5-13/h4-11H,1-3H3,(H,23,26). The molecule has 8 heteroatoms. The summed E-state index contributed by atoms with van der Waals surface area (Å²) in [5, 5.41) is 2.88. The fourth-order valence-electron chi connectivity index (χ4n) is 3.01. The van der Waals surface area contributed by atoms with Crippen LogP contribution in [0.15, 0.2) is 48.7 Å². The van der Waals surface area contributed by atoms with E-state index in [1.165, 1.54) is 23.5 Å². The third kappa shape index (κ3) is 3.54. The maximum Gasteiger partial charge on any atom is 0.267 e. The number of hydrogen-bond donors (Lipinski definition) is 1. The van der Waals surface area contributed by atoms with E-state index >= 15 is 0 Å². The van der Waals surface area contributed by atoms with Crippen LogP contribution in [0.4, 0.5) is 10.1 Å². The Bertz CT molecular complexity index is 1200. The molecule has 0 fully saturated rings. The van der Waals surface area contributed by atoms with E-state index < -0.39 is 0 Å². The number of hydrogen-bond acceptors (Lipinski definition) is 5. The zero-order chi connectivity index (χ0) is 20.5. The number of carbonyl (C=O) groups excluding carboxylic acids is 1. The number of ether oxygens (including phenoxy) is 2. The number of thiazole rings is 1. The first-order valence-corrected chi connectivity index (χ1v) is 9.59. The molecule has 0 bridgehead atoms. The molecule has 2 heterocycles. The molecule has 0 aliphatic heterocycles. The third-order valence-corrected chi connectivity index (χ3v) is 5.71. The average molecular weight is 411 g/mol. The summed E-state index contributed by atoms with van der Waals surface area (Å²) in [6, 6.07) is 11.4. The highest BCUT2D eigenvalue weighted by Gasteiger charge is 2.19. The summed E-state index contributed by atoms with van der Waals surface area (Å²) in [4.78, 5) is 18.7. The van der Waals surface area contributed by atoms with Crippen molar-refractivity contribution in [1.82, 2.24) is 9.38 Å². The van der Waals surface area contributed by atoms with Crippen LogP contribution in [0.25, 0.3) is 16.2 Å². The summed E-state index contributed by atoms with van der Waals surface area (Å²) in [7, 11) is 3.10. The molecule has 29 heavy (non-hydrogen) atoms. The van der Waals surface area contributed by atoms with Gasteiger partial charge in [-0.15, -0.1) is 0 Å². The number of nitrogens with zero attached hydrogens (tertiary/aromatic N) is 2. The summed E-state index contributed by atoms with van der Waals surface area (Å²) < 4.78 is 25.6. The molecule has 0 aliphatic rings. The third-order valence-electron chi connectivity index (χ3n) is 4.56. The quantitative estimate of drug-likeness (QED) is 0.513. The average Bonchev–Trinajstić information content (AvgIpc) is 3.28. The van der Waals surface area contributed by atoms with Gasteiger partial charge < -0.3 is 14.8 Å². The van der Waals surface area contributed by atoms with Crippen LogP contribution in [0.3, 0.4) is 0 Å². The van der Waals surface area contributed by atoms with Crippen LogP contribution in [0.5, 0.6) is 11.5 Å². The van der Waals surface area contributed by atoms with Crippen LogP contribution in [0.1, 0.15) is 15.4 Å². The zero-order valence-corrected chi connectivity index (χ0v) is 16.8. The Morgan fingerprint density at radius 1 is 1.14 bits per heavy atom. The molecule has 2 aromatic heterocycles. The summed E-state index contributed by atoms with van der Waals surface area (Å²) in [5.41, 5.74) is 2.83. The van der Waals surface area contributed by atoms with Crippen molar-refractivity contribution in [2.75, 3.05) is 19.5 Å². The van der Waals surface area contributed by atoms with Crippen LogP contribution in [0, 0.1) is 12.7 Å². The summed E-state index contributed by atoms with van der Waals surface area (Å²) in [5.74, 6) is 0.602. The number of fused-ring (bicyclic) bond motifs is 1. The van der Waals surface area contributed by atoms with Gasteiger partial charge in [-0.2, -0.15) is 0 Å². The number of rotatable bonds is 5. The van der Waals surface area contributed by atoms with Gasteiger partial charge in [0.15, 0.2) is 4.96 Å². The highest BCUT2D eigenvalue weighted by Crippen LogP contribution is 2.31. The van der Waals surface area contributed by atoms with E-state index in [0.717, 1.165) is 17.0 Å². The first-order chi connectivity index (χ1) is 14.0. The highest BCUT2D eigenvalue weighted by atomic mass is 32.1. The molecular formula is C21H18FN3O3S. The predicted octanol–water partition coefficient (Wildman–Crippen LogP) is 4.78. The maximum atomic E-state index is 13.1. The van der Waals surface area contributed by atoms with Crippen molar-refractivity contribution in [3.63, 3.8) is 0 Å². The van der Waals surface area contributed by atoms with Gasteiger partial charge in [-0.3, -0.25) is 9.20 Å². The second-order valence-corrected chi connectivity index (χ2v) is 7.30. The highest BCUT2D eigenvalue weighted by molar-refractivity contribution is 7.19. The Hall–Kier alpha value is -3.39. The molecule has 0 aliphatic carbocycles. The van der Waals surface area contributed by atoms with Crippen molar-refractivity contribution in [3.8, 4) is 22.8 Å².